The Kier molecular flexibility index (Phi) is 5.45. The zero-order chi connectivity index (χ0) is 20.4. The van der Waals surface area contributed by atoms with E-state index in [2.05, 4.69) is 10.9 Å². The van der Waals surface area contributed by atoms with Gasteiger partial charge in [-0.3, -0.25) is 15.6 Å². The van der Waals surface area contributed by atoms with Crippen molar-refractivity contribution in [3.63, 3.8) is 0 Å². The Balaban J connectivity index is 1.51. The molecule has 0 aromatic heterocycles. The van der Waals surface area contributed by atoms with Crippen LogP contribution in [0.1, 0.15) is 12.8 Å². The summed E-state index contributed by atoms with van der Waals surface area (Å²) in [6, 6.07) is 18.8. The largest absolute Gasteiger partial charge is 0.298 e. The lowest BCUT2D eigenvalue weighted by atomic mass is 10.1. The molecule has 8 heteroatoms. The van der Waals surface area contributed by atoms with Gasteiger partial charge in [-0.15, -0.1) is 0 Å². The number of rotatable bonds is 5. The highest BCUT2D eigenvalue weighted by molar-refractivity contribution is 7.89. The summed E-state index contributed by atoms with van der Waals surface area (Å²) in [5.74, 6) is -0.382. The Morgan fingerprint density at radius 3 is 2.52 bits per heavy atom. The van der Waals surface area contributed by atoms with Gasteiger partial charge in [-0.2, -0.15) is 4.31 Å². The molecule has 150 valence electrons. The molecule has 0 bridgehead atoms. The van der Waals surface area contributed by atoms with E-state index in [1.807, 2.05) is 42.5 Å². The summed E-state index contributed by atoms with van der Waals surface area (Å²) >= 11 is 5.86. The van der Waals surface area contributed by atoms with E-state index in [9.17, 15) is 13.2 Å². The van der Waals surface area contributed by atoms with Gasteiger partial charge in [-0.25, -0.2) is 8.42 Å². The van der Waals surface area contributed by atoms with E-state index in [1.54, 1.807) is 0 Å². The molecule has 1 aliphatic heterocycles. The number of hydrogen-bond donors (Lipinski definition) is 2. The van der Waals surface area contributed by atoms with Gasteiger partial charge in [0.25, 0.3) is 5.91 Å². The van der Waals surface area contributed by atoms with Crippen LogP contribution in [0.2, 0.25) is 5.02 Å². The summed E-state index contributed by atoms with van der Waals surface area (Å²) in [5, 5.41) is 2.46. The number of benzene rings is 3. The van der Waals surface area contributed by atoms with Crippen LogP contribution in [-0.2, 0) is 14.8 Å². The highest BCUT2D eigenvalue weighted by atomic mass is 35.5. The third-order valence-corrected chi connectivity index (χ3v) is 7.21. The van der Waals surface area contributed by atoms with Gasteiger partial charge < -0.3 is 0 Å². The predicted octanol–water partition coefficient (Wildman–Crippen LogP) is 3.79. The van der Waals surface area contributed by atoms with E-state index in [1.165, 1.54) is 28.6 Å². The van der Waals surface area contributed by atoms with E-state index in [-0.39, 0.29) is 10.8 Å². The van der Waals surface area contributed by atoms with Gasteiger partial charge >= 0.3 is 0 Å². The number of sulfonamides is 1. The molecule has 1 fully saturated rings. The number of nitrogens with one attached hydrogen (secondary N) is 2. The molecular formula is C21H20ClN3O3S. The average molecular weight is 430 g/mol. The first-order valence-corrected chi connectivity index (χ1v) is 11.1. The molecular weight excluding hydrogens is 410 g/mol. The standard InChI is InChI=1S/C21H20ClN3O3S/c22-16-10-12-17(13-11-16)29(27,28)25-14-4-9-20(25)21(26)24-23-19-8-3-6-15-5-1-2-7-18(15)19/h1-3,5-8,10-13,20,23H,4,9,14H2,(H,24,26). The lowest BCUT2D eigenvalue weighted by Gasteiger charge is -2.24. The van der Waals surface area contributed by atoms with Crippen molar-refractivity contribution in [1.29, 1.82) is 0 Å². The molecule has 1 saturated heterocycles. The van der Waals surface area contributed by atoms with Crippen molar-refractivity contribution in [3.05, 3.63) is 71.8 Å². The maximum atomic E-state index is 13.0. The molecule has 0 aliphatic carbocycles. The normalized spacial score (nSPS) is 17.3. The second kappa shape index (κ2) is 8.02. The molecule has 1 atom stereocenters. The van der Waals surface area contributed by atoms with Crippen molar-refractivity contribution >= 4 is 44.0 Å². The van der Waals surface area contributed by atoms with Crippen LogP contribution in [0.4, 0.5) is 5.69 Å². The molecule has 3 aromatic carbocycles. The van der Waals surface area contributed by atoms with Gasteiger partial charge in [0.05, 0.1) is 10.6 Å². The van der Waals surface area contributed by atoms with Gasteiger partial charge in [-0.05, 0) is 48.6 Å². The minimum atomic E-state index is -3.78. The Bertz CT molecular complexity index is 1140. The number of carbonyl (C=O) groups is 1. The zero-order valence-electron chi connectivity index (χ0n) is 15.5. The number of nitrogens with zero attached hydrogens (tertiary/aromatic N) is 1. The van der Waals surface area contributed by atoms with Crippen LogP contribution in [-0.4, -0.2) is 31.2 Å². The van der Waals surface area contributed by atoms with E-state index in [4.69, 9.17) is 11.6 Å². The molecule has 0 radical (unpaired) electrons. The van der Waals surface area contributed by atoms with E-state index in [0.29, 0.717) is 24.4 Å². The molecule has 0 spiro atoms. The number of halogens is 1. The van der Waals surface area contributed by atoms with E-state index >= 15 is 0 Å². The third kappa shape index (κ3) is 3.94. The van der Waals surface area contributed by atoms with Crippen molar-refractivity contribution in [1.82, 2.24) is 9.73 Å². The summed E-state index contributed by atoms with van der Waals surface area (Å²) in [6.07, 6.45) is 1.09. The number of amides is 1. The molecule has 29 heavy (non-hydrogen) atoms. The van der Waals surface area contributed by atoms with Crippen molar-refractivity contribution < 1.29 is 13.2 Å². The summed E-state index contributed by atoms with van der Waals surface area (Å²) in [6.45, 7) is 0.303. The summed E-state index contributed by atoms with van der Waals surface area (Å²) in [7, 11) is -3.78. The molecule has 0 saturated carbocycles. The highest BCUT2D eigenvalue weighted by Crippen LogP contribution is 2.27. The number of carbonyl (C=O) groups excluding carboxylic acids is 1. The molecule has 1 heterocycles. The van der Waals surface area contributed by atoms with Crippen LogP contribution >= 0.6 is 11.6 Å². The molecule has 6 nitrogen and oxygen atoms in total. The number of anilines is 1. The number of hydrazine groups is 1. The Labute approximate surface area is 174 Å². The molecule has 1 amide bonds. The van der Waals surface area contributed by atoms with Crippen molar-refractivity contribution in [3.8, 4) is 0 Å². The summed E-state index contributed by atoms with van der Waals surface area (Å²) < 4.78 is 27.2. The Hall–Kier alpha value is -2.61. The van der Waals surface area contributed by atoms with Gasteiger partial charge in [0.15, 0.2) is 0 Å². The SMILES string of the molecule is O=C(NNc1cccc2ccccc12)C1CCCN1S(=O)(=O)c1ccc(Cl)cc1. The molecule has 2 N–H and O–H groups in total. The lowest BCUT2D eigenvalue weighted by molar-refractivity contribution is -0.123. The molecule has 4 rings (SSSR count). The Morgan fingerprint density at radius 2 is 1.72 bits per heavy atom. The molecule has 1 unspecified atom stereocenters. The Morgan fingerprint density at radius 1 is 1.00 bits per heavy atom. The lowest BCUT2D eigenvalue weighted by Crippen LogP contribution is -2.47. The smallest absolute Gasteiger partial charge is 0.256 e. The molecule has 3 aromatic rings. The molecule has 1 aliphatic rings. The fourth-order valence-corrected chi connectivity index (χ4v) is 5.36. The predicted molar refractivity (Wildman–Crippen MR) is 114 cm³/mol. The summed E-state index contributed by atoms with van der Waals surface area (Å²) in [4.78, 5) is 12.9. The second-order valence-corrected chi connectivity index (χ2v) is 9.20. The quantitative estimate of drug-likeness (QED) is 0.605. The maximum Gasteiger partial charge on any atom is 0.256 e. The van der Waals surface area contributed by atoms with Crippen LogP contribution in [0.3, 0.4) is 0 Å². The van der Waals surface area contributed by atoms with Gasteiger partial charge in [0.1, 0.15) is 6.04 Å². The van der Waals surface area contributed by atoms with Crippen LogP contribution in [0.15, 0.2) is 71.6 Å². The topological polar surface area (TPSA) is 78.5 Å². The zero-order valence-corrected chi connectivity index (χ0v) is 17.1. The maximum absolute atomic E-state index is 13.0. The second-order valence-electron chi connectivity index (χ2n) is 6.87. The summed E-state index contributed by atoms with van der Waals surface area (Å²) in [5.41, 5.74) is 6.38. The number of fused-ring (bicyclic) bond motifs is 1. The fourth-order valence-electron chi connectivity index (χ4n) is 3.58. The first-order valence-electron chi connectivity index (χ1n) is 9.28. The van der Waals surface area contributed by atoms with E-state index < -0.39 is 16.1 Å². The first-order chi connectivity index (χ1) is 14.0. The van der Waals surface area contributed by atoms with Gasteiger partial charge in [0.2, 0.25) is 10.0 Å². The van der Waals surface area contributed by atoms with Crippen LogP contribution in [0, 0.1) is 0 Å². The van der Waals surface area contributed by atoms with Crippen molar-refractivity contribution in [2.45, 2.75) is 23.8 Å². The van der Waals surface area contributed by atoms with Crippen LogP contribution in [0.25, 0.3) is 10.8 Å². The minimum Gasteiger partial charge on any atom is -0.298 e. The van der Waals surface area contributed by atoms with Crippen LogP contribution in [0.5, 0.6) is 0 Å². The van der Waals surface area contributed by atoms with Crippen molar-refractivity contribution in [2.75, 3.05) is 12.0 Å². The monoisotopic (exact) mass is 429 g/mol. The first kappa shape index (κ1) is 19.7. The minimum absolute atomic E-state index is 0.128. The average Bonchev–Trinajstić information content (AvgIpc) is 3.23. The highest BCUT2D eigenvalue weighted by Gasteiger charge is 2.39. The fraction of sp³-hybridized carbons (Fsp3) is 0.190. The van der Waals surface area contributed by atoms with E-state index in [0.717, 1.165) is 16.5 Å². The van der Waals surface area contributed by atoms with Crippen LogP contribution < -0.4 is 10.9 Å². The van der Waals surface area contributed by atoms with Gasteiger partial charge in [0, 0.05) is 17.0 Å². The van der Waals surface area contributed by atoms with Gasteiger partial charge in [-0.1, -0.05) is 48.0 Å². The third-order valence-electron chi connectivity index (χ3n) is 5.04. The number of hydrogen-bond acceptors (Lipinski definition) is 4. The van der Waals surface area contributed by atoms with Crippen molar-refractivity contribution in [2.24, 2.45) is 0 Å².